The first-order valence-electron chi connectivity index (χ1n) is 4.30. The Kier molecular flexibility index (Phi) is 3.11. The van der Waals surface area contributed by atoms with E-state index >= 15 is 0 Å². The van der Waals surface area contributed by atoms with Crippen molar-refractivity contribution in [1.29, 1.82) is 0 Å². The predicted octanol–water partition coefficient (Wildman–Crippen LogP) is 0.692. The van der Waals surface area contributed by atoms with Crippen LogP contribution in [0.25, 0.3) is 0 Å². The molecule has 1 heterocycles. The van der Waals surface area contributed by atoms with Gasteiger partial charge in [0.2, 0.25) is 0 Å². The van der Waals surface area contributed by atoms with Crippen LogP contribution in [0, 0.1) is 0 Å². The topological polar surface area (TPSA) is 66.8 Å². The lowest BCUT2D eigenvalue weighted by atomic mass is 10.1. The molecule has 0 aromatic carbocycles. The van der Waals surface area contributed by atoms with Gasteiger partial charge in [-0.1, -0.05) is 0 Å². The van der Waals surface area contributed by atoms with E-state index in [0.29, 0.717) is 19.5 Å². The van der Waals surface area contributed by atoms with Crippen LogP contribution in [0.1, 0.15) is 19.8 Å². The number of hydrogen-bond donors (Lipinski definition) is 1. The largest absolute Gasteiger partial charge is 0.481 e. The van der Waals surface area contributed by atoms with Crippen molar-refractivity contribution < 1.29 is 19.4 Å². The van der Waals surface area contributed by atoms with E-state index in [9.17, 15) is 9.59 Å². The number of ether oxygens (including phenoxy) is 1. The Hall–Kier alpha value is -1.26. The van der Waals surface area contributed by atoms with Gasteiger partial charge in [-0.2, -0.15) is 0 Å². The third-order valence-corrected chi connectivity index (χ3v) is 2.03. The van der Waals surface area contributed by atoms with E-state index in [4.69, 9.17) is 9.84 Å². The fourth-order valence-electron chi connectivity index (χ4n) is 1.29. The maximum absolute atomic E-state index is 11.1. The number of rotatable bonds is 3. The molecule has 74 valence electrons. The first kappa shape index (κ1) is 9.83. The zero-order valence-electron chi connectivity index (χ0n) is 7.52. The molecule has 1 aliphatic heterocycles. The van der Waals surface area contributed by atoms with Gasteiger partial charge in [-0.15, -0.1) is 0 Å². The van der Waals surface area contributed by atoms with E-state index < -0.39 is 18.2 Å². The number of carbonyl (C=O) groups is 2. The van der Waals surface area contributed by atoms with Crippen molar-refractivity contribution in [1.82, 2.24) is 4.90 Å². The molecule has 1 aliphatic rings. The summed E-state index contributed by atoms with van der Waals surface area (Å²) in [7, 11) is 0. The monoisotopic (exact) mass is 187 g/mol. The lowest BCUT2D eigenvalue weighted by Crippen LogP contribution is -2.42. The SMILES string of the molecule is CCN1CCC(CC(=O)O)OC1=O. The van der Waals surface area contributed by atoms with Crippen LogP contribution in [-0.4, -0.2) is 41.3 Å². The highest BCUT2D eigenvalue weighted by molar-refractivity contribution is 5.71. The molecule has 0 bridgehead atoms. The smallest absolute Gasteiger partial charge is 0.410 e. The molecule has 1 rings (SSSR count). The third-order valence-electron chi connectivity index (χ3n) is 2.03. The number of amides is 1. The van der Waals surface area contributed by atoms with Crippen molar-refractivity contribution in [3.63, 3.8) is 0 Å². The van der Waals surface area contributed by atoms with Crippen LogP contribution in [0.3, 0.4) is 0 Å². The molecule has 1 amide bonds. The summed E-state index contributed by atoms with van der Waals surface area (Å²) in [6, 6.07) is 0. The first-order valence-corrected chi connectivity index (χ1v) is 4.30. The second-order valence-corrected chi connectivity index (χ2v) is 2.97. The summed E-state index contributed by atoms with van der Waals surface area (Å²) in [4.78, 5) is 23.0. The summed E-state index contributed by atoms with van der Waals surface area (Å²) in [5.74, 6) is -0.928. The molecule has 0 aromatic heterocycles. The first-order chi connectivity index (χ1) is 6.13. The highest BCUT2D eigenvalue weighted by atomic mass is 16.6. The van der Waals surface area contributed by atoms with Crippen LogP contribution >= 0.6 is 0 Å². The van der Waals surface area contributed by atoms with Crippen molar-refractivity contribution in [2.45, 2.75) is 25.9 Å². The Morgan fingerprint density at radius 2 is 2.46 bits per heavy atom. The van der Waals surface area contributed by atoms with Crippen molar-refractivity contribution in [2.24, 2.45) is 0 Å². The van der Waals surface area contributed by atoms with Crippen LogP contribution in [0.5, 0.6) is 0 Å². The van der Waals surface area contributed by atoms with Gasteiger partial charge >= 0.3 is 12.1 Å². The van der Waals surface area contributed by atoms with Crippen LogP contribution in [-0.2, 0) is 9.53 Å². The number of hydrogen-bond acceptors (Lipinski definition) is 3. The molecule has 1 saturated heterocycles. The van der Waals surface area contributed by atoms with Gasteiger partial charge in [-0.05, 0) is 6.92 Å². The van der Waals surface area contributed by atoms with Gasteiger partial charge in [-0.25, -0.2) is 4.79 Å². The Bertz CT molecular complexity index is 216. The molecular formula is C8H13NO4. The number of cyclic esters (lactones) is 1. The quantitative estimate of drug-likeness (QED) is 0.706. The van der Waals surface area contributed by atoms with Crippen molar-refractivity contribution in [2.75, 3.05) is 13.1 Å². The predicted molar refractivity (Wildman–Crippen MR) is 44.4 cm³/mol. The van der Waals surface area contributed by atoms with E-state index in [0.717, 1.165) is 0 Å². The Balaban J connectivity index is 2.41. The van der Waals surface area contributed by atoms with Gasteiger partial charge in [0.15, 0.2) is 0 Å². The highest BCUT2D eigenvalue weighted by Gasteiger charge is 2.27. The summed E-state index contributed by atoms with van der Waals surface area (Å²) in [5.41, 5.74) is 0. The lowest BCUT2D eigenvalue weighted by Gasteiger charge is -2.30. The minimum Gasteiger partial charge on any atom is -0.481 e. The highest BCUT2D eigenvalue weighted by Crippen LogP contribution is 2.14. The van der Waals surface area contributed by atoms with Gasteiger partial charge in [0.05, 0.1) is 6.42 Å². The van der Waals surface area contributed by atoms with E-state index in [1.54, 1.807) is 4.90 Å². The van der Waals surface area contributed by atoms with E-state index in [1.165, 1.54) is 0 Å². The minimum absolute atomic E-state index is 0.0940. The third kappa shape index (κ3) is 2.61. The number of nitrogens with zero attached hydrogens (tertiary/aromatic N) is 1. The molecule has 1 fully saturated rings. The van der Waals surface area contributed by atoms with E-state index in [-0.39, 0.29) is 6.42 Å². The summed E-state index contributed by atoms with van der Waals surface area (Å²) in [5, 5.41) is 8.47. The van der Waals surface area contributed by atoms with Crippen LogP contribution < -0.4 is 0 Å². The molecule has 0 radical (unpaired) electrons. The fraction of sp³-hybridized carbons (Fsp3) is 0.750. The normalized spacial score (nSPS) is 22.7. The van der Waals surface area contributed by atoms with E-state index in [2.05, 4.69) is 0 Å². The molecule has 0 aromatic rings. The minimum atomic E-state index is -0.928. The number of carboxylic acids is 1. The number of aliphatic carboxylic acids is 1. The van der Waals surface area contributed by atoms with Crippen molar-refractivity contribution in [3.8, 4) is 0 Å². The Morgan fingerprint density at radius 3 is 2.92 bits per heavy atom. The molecule has 5 nitrogen and oxygen atoms in total. The van der Waals surface area contributed by atoms with Crippen LogP contribution in [0.15, 0.2) is 0 Å². The molecule has 1 N–H and O–H groups in total. The molecule has 1 unspecified atom stereocenters. The van der Waals surface area contributed by atoms with Gasteiger partial charge in [0, 0.05) is 19.5 Å². The zero-order valence-corrected chi connectivity index (χ0v) is 7.52. The zero-order chi connectivity index (χ0) is 9.84. The fourth-order valence-corrected chi connectivity index (χ4v) is 1.29. The summed E-state index contributed by atoms with van der Waals surface area (Å²) in [6.07, 6.45) is -0.345. The van der Waals surface area contributed by atoms with Gasteiger partial charge < -0.3 is 14.7 Å². The summed E-state index contributed by atoms with van der Waals surface area (Å²) in [6.45, 7) is 3.06. The maximum atomic E-state index is 11.1. The molecular weight excluding hydrogens is 174 g/mol. The van der Waals surface area contributed by atoms with Gasteiger partial charge in [-0.3, -0.25) is 4.79 Å². The lowest BCUT2D eigenvalue weighted by molar-refractivity contribution is -0.139. The van der Waals surface area contributed by atoms with Crippen LogP contribution in [0.2, 0.25) is 0 Å². The van der Waals surface area contributed by atoms with E-state index in [1.807, 2.05) is 6.92 Å². The second kappa shape index (κ2) is 4.11. The Morgan fingerprint density at radius 1 is 1.77 bits per heavy atom. The van der Waals surface area contributed by atoms with Gasteiger partial charge in [0.1, 0.15) is 6.10 Å². The molecule has 0 saturated carbocycles. The molecule has 5 heteroatoms. The Labute approximate surface area is 76.3 Å². The number of carboxylic acid groups (broad SMARTS) is 1. The molecule has 0 spiro atoms. The number of carbonyl (C=O) groups excluding carboxylic acids is 1. The van der Waals surface area contributed by atoms with Crippen molar-refractivity contribution >= 4 is 12.1 Å². The summed E-state index contributed by atoms with van der Waals surface area (Å²) >= 11 is 0. The average Bonchev–Trinajstić information content (AvgIpc) is 2.03. The maximum Gasteiger partial charge on any atom is 0.410 e. The van der Waals surface area contributed by atoms with Crippen LogP contribution in [0.4, 0.5) is 4.79 Å². The second-order valence-electron chi connectivity index (χ2n) is 2.97. The standard InChI is InChI=1S/C8H13NO4/c1-2-9-4-3-6(5-7(10)11)13-8(9)12/h6H,2-5H2,1H3,(H,10,11). The van der Waals surface area contributed by atoms with Gasteiger partial charge in [0.25, 0.3) is 0 Å². The average molecular weight is 187 g/mol. The summed E-state index contributed by atoms with van der Waals surface area (Å²) < 4.78 is 4.91. The molecule has 0 aliphatic carbocycles. The molecule has 13 heavy (non-hydrogen) atoms. The van der Waals surface area contributed by atoms with Crippen molar-refractivity contribution in [3.05, 3.63) is 0 Å². The molecule has 1 atom stereocenters.